The number of furan rings is 1. The molecule has 5 heterocycles. The lowest BCUT2D eigenvalue weighted by molar-refractivity contribution is -0.135. The van der Waals surface area contributed by atoms with Crippen molar-refractivity contribution in [3.8, 4) is 17.3 Å². The second-order valence-corrected chi connectivity index (χ2v) is 10.7. The van der Waals surface area contributed by atoms with E-state index in [4.69, 9.17) is 19.6 Å². The summed E-state index contributed by atoms with van der Waals surface area (Å²) in [7, 11) is 1.65. The lowest BCUT2D eigenvalue weighted by Crippen LogP contribution is -2.51. The zero-order chi connectivity index (χ0) is 29.2. The lowest BCUT2D eigenvalue weighted by Gasteiger charge is -2.38. The van der Waals surface area contributed by atoms with Crippen LogP contribution in [0.1, 0.15) is 26.3 Å². The molecule has 220 valence electrons. The van der Waals surface area contributed by atoms with Crippen molar-refractivity contribution in [2.24, 2.45) is 5.92 Å². The first kappa shape index (κ1) is 27.5. The van der Waals surface area contributed by atoms with Crippen LogP contribution in [-0.2, 0) is 9.53 Å². The number of fused-ring (bicyclic) bond motifs is 3. The van der Waals surface area contributed by atoms with Crippen molar-refractivity contribution in [3.63, 3.8) is 0 Å². The summed E-state index contributed by atoms with van der Waals surface area (Å²) < 4.78 is 19.4. The zero-order valence-corrected chi connectivity index (χ0v) is 24.0. The highest BCUT2D eigenvalue weighted by Crippen LogP contribution is 2.29. The van der Waals surface area contributed by atoms with Crippen molar-refractivity contribution < 1.29 is 18.7 Å². The van der Waals surface area contributed by atoms with Gasteiger partial charge in [0.15, 0.2) is 17.1 Å². The number of nitrogens with zero attached hydrogens (tertiary/aromatic N) is 8. The topological polar surface area (TPSA) is 142 Å². The largest absolute Gasteiger partial charge is 0.491 e. The number of piperazine rings is 1. The van der Waals surface area contributed by atoms with Gasteiger partial charge in [0.1, 0.15) is 18.4 Å². The Hall–Kier alpha value is -4.65. The SMILES string of the molecule is COCCOc1ccc(N2CCN(C(=O)[C@@H](CC(C)C)n3ncc4c3nc(N)n3nc(-c5ccco5)nc43)CC2)cc1. The molecule has 0 spiro atoms. The number of ether oxygens (including phenoxy) is 2. The van der Waals surface area contributed by atoms with Crippen molar-refractivity contribution in [1.82, 2.24) is 34.3 Å². The van der Waals surface area contributed by atoms with Gasteiger partial charge in [0, 0.05) is 39.0 Å². The maximum absolute atomic E-state index is 14.0. The number of carbonyl (C=O) groups is 1. The van der Waals surface area contributed by atoms with E-state index in [1.807, 2.05) is 17.0 Å². The highest BCUT2D eigenvalue weighted by atomic mass is 16.5. The number of nitrogen functional groups attached to an aromatic ring is 1. The van der Waals surface area contributed by atoms with Gasteiger partial charge in [-0.25, -0.2) is 9.67 Å². The number of carbonyl (C=O) groups excluding carboxylic acids is 1. The molecular formula is C29H35N9O4. The molecule has 42 heavy (non-hydrogen) atoms. The monoisotopic (exact) mass is 573 g/mol. The van der Waals surface area contributed by atoms with E-state index < -0.39 is 6.04 Å². The van der Waals surface area contributed by atoms with E-state index in [9.17, 15) is 4.79 Å². The Balaban J connectivity index is 1.21. The molecule has 4 aromatic heterocycles. The molecule has 0 aliphatic carbocycles. The molecule has 6 rings (SSSR count). The molecule has 0 saturated carbocycles. The molecule has 1 amide bonds. The van der Waals surface area contributed by atoms with E-state index in [1.54, 1.807) is 36.4 Å². The van der Waals surface area contributed by atoms with Gasteiger partial charge in [-0.15, -0.1) is 5.10 Å². The minimum atomic E-state index is -0.528. The Morgan fingerprint density at radius 1 is 1.05 bits per heavy atom. The summed E-state index contributed by atoms with van der Waals surface area (Å²) in [5.74, 6) is 2.16. The summed E-state index contributed by atoms with van der Waals surface area (Å²) in [6.45, 7) is 7.92. The molecule has 0 radical (unpaired) electrons. The Labute approximate surface area is 242 Å². The number of methoxy groups -OCH3 is 1. The van der Waals surface area contributed by atoms with Crippen LogP contribution < -0.4 is 15.4 Å². The molecule has 1 aliphatic rings. The van der Waals surface area contributed by atoms with Gasteiger partial charge in [0.25, 0.3) is 0 Å². The fourth-order valence-corrected chi connectivity index (χ4v) is 5.31. The highest BCUT2D eigenvalue weighted by molar-refractivity contribution is 5.92. The van der Waals surface area contributed by atoms with Crippen LogP contribution in [0.25, 0.3) is 28.3 Å². The number of amides is 1. The molecule has 2 N–H and O–H groups in total. The summed E-state index contributed by atoms with van der Waals surface area (Å²) in [4.78, 5) is 27.5. The second kappa shape index (κ2) is 11.7. The maximum atomic E-state index is 14.0. The van der Waals surface area contributed by atoms with Crippen LogP contribution in [0.5, 0.6) is 5.75 Å². The van der Waals surface area contributed by atoms with Crippen LogP contribution in [0, 0.1) is 5.92 Å². The summed E-state index contributed by atoms with van der Waals surface area (Å²) >= 11 is 0. The van der Waals surface area contributed by atoms with E-state index in [-0.39, 0.29) is 17.8 Å². The number of anilines is 2. The predicted molar refractivity (Wildman–Crippen MR) is 157 cm³/mol. The fraction of sp³-hybridized carbons (Fsp3) is 0.414. The van der Waals surface area contributed by atoms with E-state index >= 15 is 0 Å². The van der Waals surface area contributed by atoms with Gasteiger partial charge in [0.2, 0.25) is 17.7 Å². The van der Waals surface area contributed by atoms with E-state index in [2.05, 4.69) is 51.0 Å². The van der Waals surface area contributed by atoms with Crippen LogP contribution in [0.15, 0.2) is 53.3 Å². The number of hydrogen-bond acceptors (Lipinski definition) is 10. The van der Waals surface area contributed by atoms with Crippen molar-refractivity contribution >= 4 is 34.2 Å². The van der Waals surface area contributed by atoms with E-state index in [0.717, 1.165) is 24.5 Å². The first-order valence-electron chi connectivity index (χ1n) is 14.1. The first-order chi connectivity index (χ1) is 20.4. The van der Waals surface area contributed by atoms with Gasteiger partial charge in [-0.05, 0) is 48.7 Å². The standard InChI is InChI=1S/C29H35N9O4/c1-19(2)17-23(28(39)36-12-10-35(11-13-36)20-6-8-21(9-7-20)41-16-15-40-3)37-27-22(18-31-37)26-32-25(24-5-4-14-42-24)34-38(26)29(30)33-27/h4-9,14,18-19,23H,10-13,15-17H2,1-3H3,(H2,30,33)/t23-/m1/s1. The Morgan fingerprint density at radius 3 is 2.52 bits per heavy atom. The van der Waals surface area contributed by atoms with Crippen LogP contribution >= 0.6 is 0 Å². The average molecular weight is 574 g/mol. The molecule has 1 atom stereocenters. The summed E-state index contributed by atoms with van der Waals surface area (Å²) in [5, 5.41) is 9.77. The van der Waals surface area contributed by atoms with Crippen molar-refractivity contribution in [3.05, 3.63) is 48.9 Å². The summed E-state index contributed by atoms with van der Waals surface area (Å²) in [6, 6.07) is 11.1. The van der Waals surface area contributed by atoms with Crippen molar-refractivity contribution in [2.75, 3.05) is 57.1 Å². The third kappa shape index (κ3) is 5.34. The van der Waals surface area contributed by atoms with E-state index in [0.29, 0.717) is 61.0 Å². The van der Waals surface area contributed by atoms with Gasteiger partial charge < -0.3 is 29.4 Å². The minimum absolute atomic E-state index is 0.0215. The number of aromatic nitrogens is 6. The number of benzene rings is 1. The molecule has 0 bridgehead atoms. The zero-order valence-electron chi connectivity index (χ0n) is 24.0. The van der Waals surface area contributed by atoms with Gasteiger partial charge in [-0.1, -0.05) is 13.8 Å². The van der Waals surface area contributed by atoms with Crippen molar-refractivity contribution in [1.29, 1.82) is 0 Å². The molecule has 5 aromatic rings. The molecule has 1 aromatic carbocycles. The molecule has 13 nitrogen and oxygen atoms in total. The lowest BCUT2D eigenvalue weighted by atomic mass is 10.0. The Kier molecular flexibility index (Phi) is 7.66. The second-order valence-electron chi connectivity index (χ2n) is 10.7. The minimum Gasteiger partial charge on any atom is -0.491 e. The third-order valence-corrected chi connectivity index (χ3v) is 7.42. The van der Waals surface area contributed by atoms with Gasteiger partial charge >= 0.3 is 0 Å². The third-order valence-electron chi connectivity index (χ3n) is 7.42. The number of nitrogens with two attached hydrogens (primary N) is 1. The smallest absolute Gasteiger partial charge is 0.247 e. The Morgan fingerprint density at radius 2 is 1.83 bits per heavy atom. The number of rotatable bonds is 10. The van der Waals surface area contributed by atoms with Gasteiger partial charge in [0.05, 0.1) is 24.5 Å². The molecule has 1 aliphatic heterocycles. The van der Waals surface area contributed by atoms with E-state index in [1.165, 1.54) is 4.52 Å². The maximum Gasteiger partial charge on any atom is 0.247 e. The average Bonchev–Trinajstić information content (AvgIpc) is 3.76. The highest BCUT2D eigenvalue weighted by Gasteiger charge is 2.32. The molecule has 1 fully saturated rings. The fourth-order valence-electron chi connectivity index (χ4n) is 5.31. The molecule has 0 unspecified atom stereocenters. The molecule has 1 saturated heterocycles. The summed E-state index contributed by atoms with van der Waals surface area (Å²) in [5.41, 5.74) is 8.42. The molecule has 13 heteroatoms. The van der Waals surface area contributed by atoms with Gasteiger partial charge in [-0.3, -0.25) is 4.79 Å². The van der Waals surface area contributed by atoms with Crippen molar-refractivity contribution in [2.45, 2.75) is 26.3 Å². The van der Waals surface area contributed by atoms with Crippen LogP contribution in [0.2, 0.25) is 0 Å². The first-order valence-corrected chi connectivity index (χ1v) is 14.1. The predicted octanol–water partition coefficient (Wildman–Crippen LogP) is 3.28. The van der Waals surface area contributed by atoms with Crippen LogP contribution in [0.4, 0.5) is 11.6 Å². The Bertz CT molecular complexity index is 1650. The quantitative estimate of drug-likeness (QED) is 0.247. The molecular weight excluding hydrogens is 538 g/mol. The normalized spacial score (nSPS) is 14.8. The number of hydrogen-bond donors (Lipinski definition) is 1. The summed E-state index contributed by atoms with van der Waals surface area (Å²) in [6.07, 6.45) is 3.85. The van der Waals surface area contributed by atoms with Gasteiger partial charge in [-0.2, -0.15) is 14.6 Å². The van der Waals surface area contributed by atoms with Crippen LogP contribution in [-0.4, -0.2) is 86.7 Å². The van der Waals surface area contributed by atoms with Crippen LogP contribution in [0.3, 0.4) is 0 Å².